The van der Waals surface area contributed by atoms with Crippen LogP contribution in [0.25, 0.3) is 0 Å². The smallest absolute Gasteiger partial charge is 0.244 e. The van der Waals surface area contributed by atoms with Gasteiger partial charge in [0.15, 0.2) is 11.5 Å². The van der Waals surface area contributed by atoms with Gasteiger partial charge in [0.05, 0.1) is 11.4 Å². The molecule has 2 amide bonds. The Balaban J connectivity index is 1.68. The number of hydrogen-bond acceptors (Lipinski definition) is 6. The van der Waals surface area contributed by atoms with E-state index in [0.717, 1.165) is 30.0 Å². The van der Waals surface area contributed by atoms with E-state index in [1.165, 1.54) is 17.9 Å². The second-order valence-electron chi connectivity index (χ2n) is 9.58. The number of nitrogens with zero attached hydrogens (tertiary/aromatic N) is 2. The fourth-order valence-corrected chi connectivity index (χ4v) is 6.47. The molecule has 0 radical (unpaired) electrons. The van der Waals surface area contributed by atoms with Crippen LogP contribution >= 0.6 is 23.2 Å². The zero-order chi connectivity index (χ0) is 28.2. The summed E-state index contributed by atoms with van der Waals surface area (Å²) in [7, 11) is -3.88. The number of halogens is 2. The lowest BCUT2D eigenvalue weighted by molar-refractivity contribution is -0.140. The highest BCUT2D eigenvalue weighted by Gasteiger charge is 2.34. The van der Waals surface area contributed by atoms with Crippen LogP contribution in [0.1, 0.15) is 51.5 Å². The quantitative estimate of drug-likeness (QED) is 0.401. The molecule has 12 heteroatoms. The topological polar surface area (TPSA) is 105 Å². The number of carbonyl (C=O) groups is 2. The Morgan fingerprint density at radius 1 is 1.05 bits per heavy atom. The Bertz CT molecular complexity index is 1300. The van der Waals surface area contributed by atoms with Crippen molar-refractivity contribution in [3.05, 3.63) is 52.0 Å². The van der Waals surface area contributed by atoms with Crippen molar-refractivity contribution >= 4 is 50.7 Å². The van der Waals surface area contributed by atoms with Crippen LogP contribution in [0.5, 0.6) is 11.5 Å². The lowest BCUT2D eigenvalue weighted by Gasteiger charge is -2.34. The molecule has 1 aliphatic heterocycles. The standard InChI is InChI=1S/C27H33Cl2N3O6S/c1-3-23(27(34)30-18-8-5-6-9-18)31(15-20-21(28)10-7-11-22(20)29)26(33)16-32(39(35,36)4-2)19-12-13-24-25(14-19)38-17-37-24/h7,10-14,18,23H,3-6,8-9,15-17H2,1-2H3,(H,30,34)/t23-/m0/s1. The molecular weight excluding hydrogens is 565 g/mol. The Labute approximate surface area is 239 Å². The van der Waals surface area contributed by atoms with Crippen LogP contribution in [0.4, 0.5) is 5.69 Å². The van der Waals surface area contributed by atoms with Crippen molar-refractivity contribution in [1.29, 1.82) is 0 Å². The molecule has 0 spiro atoms. The number of nitrogens with one attached hydrogen (secondary N) is 1. The highest BCUT2D eigenvalue weighted by Crippen LogP contribution is 2.36. The molecule has 1 heterocycles. The van der Waals surface area contributed by atoms with Gasteiger partial charge < -0.3 is 19.7 Å². The summed E-state index contributed by atoms with van der Waals surface area (Å²) in [5, 5.41) is 3.77. The second-order valence-corrected chi connectivity index (χ2v) is 12.6. The minimum absolute atomic E-state index is 0.0267. The molecule has 1 atom stereocenters. The fourth-order valence-electron chi connectivity index (χ4n) is 4.90. The molecule has 1 N–H and O–H groups in total. The average molecular weight is 599 g/mol. The summed E-state index contributed by atoms with van der Waals surface area (Å²) in [5.74, 6) is -0.199. The molecule has 0 aromatic heterocycles. The van der Waals surface area contributed by atoms with Crippen molar-refractivity contribution in [3.63, 3.8) is 0 Å². The first-order valence-electron chi connectivity index (χ1n) is 13.1. The molecule has 2 aromatic carbocycles. The molecule has 1 fully saturated rings. The monoisotopic (exact) mass is 597 g/mol. The maximum absolute atomic E-state index is 14.0. The van der Waals surface area contributed by atoms with Crippen molar-refractivity contribution in [3.8, 4) is 11.5 Å². The average Bonchev–Trinajstić information content (AvgIpc) is 3.60. The van der Waals surface area contributed by atoms with Gasteiger partial charge in [-0.15, -0.1) is 0 Å². The summed E-state index contributed by atoms with van der Waals surface area (Å²) < 4.78 is 38.2. The van der Waals surface area contributed by atoms with Crippen LogP contribution in [0, 0.1) is 0 Å². The molecule has 2 aromatic rings. The van der Waals surface area contributed by atoms with Crippen molar-refractivity contribution < 1.29 is 27.5 Å². The second kappa shape index (κ2) is 12.7. The number of amides is 2. The van der Waals surface area contributed by atoms with E-state index in [0.29, 0.717) is 33.5 Å². The zero-order valence-corrected chi connectivity index (χ0v) is 24.3. The predicted octanol–water partition coefficient (Wildman–Crippen LogP) is 4.74. The van der Waals surface area contributed by atoms with Crippen LogP contribution < -0.4 is 19.1 Å². The van der Waals surface area contributed by atoms with Gasteiger partial charge in [-0.05, 0) is 50.5 Å². The van der Waals surface area contributed by atoms with Crippen molar-refractivity contribution in [2.45, 2.75) is 64.6 Å². The van der Waals surface area contributed by atoms with E-state index in [1.807, 2.05) is 6.92 Å². The first kappa shape index (κ1) is 29.3. The molecule has 39 heavy (non-hydrogen) atoms. The number of carbonyl (C=O) groups excluding carboxylic acids is 2. The minimum atomic E-state index is -3.88. The zero-order valence-electron chi connectivity index (χ0n) is 22.0. The third-order valence-electron chi connectivity index (χ3n) is 7.10. The van der Waals surface area contributed by atoms with Crippen LogP contribution in [0.2, 0.25) is 10.0 Å². The number of ether oxygens (including phenoxy) is 2. The number of benzene rings is 2. The maximum atomic E-state index is 14.0. The highest BCUT2D eigenvalue weighted by molar-refractivity contribution is 7.92. The molecule has 4 rings (SSSR count). The van der Waals surface area contributed by atoms with Crippen molar-refractivity contribution in [2.75, 3.05) is 23.4 Å². The van der Waals surface area contributed by atoms with Gasteiger partial charge in [0.2, 0.25) is 28.6 Å². The Hall–Kier alpha value is -2.69. The van der Waals surface area contributed by atoms with E-state index in [2.05, 4.69) is 5.32 Å². The third kappa shape index (κ3) is 6.73. The molecular formula is C27H33Cl2N3O6S. The minimum Gasteiger partial charge on any atom is -0.454 e. The summed E-state index contributed by atoms with van der Waals surface area (Å²) >= 11 is 12.9. The lowest BCUT2D eigenvalue weighted by Crippen LogP contribution is -2.53. The molecule has 0 unspecified atom stereocenters. The number of sulfonamides is 1. The van der Waals surface area contributed by atoms with Gasteiger partial charge in [-0.1, -0.05) is 49.0 Å². The Morgan fingerprint density at radius 2 is 1.72 bits per heavy atom. The summed E-state index contributed by atoms with van der Waals surface area (Å²) in [6, 6.07) is 8.91. The molecule has 2 aliphatic rings. The van der Waals surface area contributed by atoms with Gasteiger partial charge in [0.25, 0.3) is 0 Å². The summed E-state index contributed by atoms with van der Waals surface area (Å²) in [5.41, 5.74) is 0.739. The SMILES string of the molecule is CC[C@@H](C(=O)NC1CCCC1)N(Cc1c(Cl)cccc1Cl)C(=O)CN(c1ccc2c(c1)OCO2)S(=O)(=O)CC. The fraction of sp³-hybridized carbons (Fsp3) is 0.481. The van der Waals surface area contributed by atoms with Gasteiger partial charge >= 0.3 is 0 Å². The predicted molar refractivity (Wildman–Crippen MR) is 151 cm³/mol. The number of hydrogen-bond donors (Lipinski definition) is 1. The highest BCUT2D eigenvalue weighted by atomic mass is 35.5. The largest absolute Gasteiger partial charge is 0.454 e. The van der Waals surface area contributed by atoms with Crippen molar-refractivity contribution in [1.82, 2.24) is 10.2 Å². The van der Waals surface area contributed by atoms with Gasteiger partial charge in [0, 0.05) is 34.3 Å². The van der Waals surface area contributed by atoms with Crippen LogP contribution in [-0.4, -0.2) is 56.3 Å². The van der Waals surface area contributed by atoms with E-state index in [4.69, 9.17) is 32.7 Å². The molecule has 1 saturated carbocycles. The van der Waals surface area contributed by atoms with Gasteiger partial charge in [-0.3, -0.25) is 13.9 Å². The van der Waals surface area contributed by atoms with Crippen LogP contribution in [-0.2, 0) is 26.2 Å². The normalized spacial score (nSPS) is 15.7. The summed E-state index contributed by atoms with van der Waals surface area (Å²) in [6.07, 6.45) is 4.17. The van der Waals surface area contributed by atoms with Gasteiger partial charge in [-0.2, -0.15) is 0 Å². The molecule has 0 saturated heterocycles. The van der Waals surface area contributed by atoms with Crippen LogP contribution in [0.3, 0.4) is 0 Å². The van der Waals surface area contributed by atoms with E-state index in [1.54, 1.807) is 30.3 Å². The van der Waals surface area contributed by atoms with Gasteiger partial charge in [0.1, 0.15) is 12.6 Å². The molecule has 9 nitrogen and oxygen atoms in total. The van der Waals surface area contributed by atoms with E-state index >= 15 is 0 Å². The van der Waals surface area contributed by atoms with Crippen LogP contribution in [0.15, 0.2) is 36.4 Å². The molecule has 0 bridgehead atoms. The number of anilines is 1. The first-order valence-corrected chi connectivity index (χ1v) is 15.4. The maximum Gasteiger partial charge on any atom is 0.244 e. The number of fused-ring (bicyclic) bond motifs is 1. The van der Waals surface area contributed by atoms with E-state index in [-0.39, 0.29) is 36.7 Å². The molecule has 1 aliphatic carbocycles. The Morgan fingerprint density at radius 3 is 2.36 bits per heavy atom. The van der Waals surface area contributed by atoms with Gasteiger partial charge in [-0.25, -0.2) is 8.42 Å². The van der Waals surface area contributed by atoms with E-state index in [9.17, 15) is 18.0 Å². The third-order valence-corrected chi connectivity index (χ3v) is 9.55. The number of rotatable bonds is 11. The van der Waals surface area contributed by atoms with E-state index < -0.39 is 28.5 Å². The van der Waals surface area contributed by atoms with Crippen molar-refractivity contribution in [2.24, 2.45) is 0 Å². The Kier molecular flexibility index (Phi) is 9.51. The summed E-state index contributed by atoms with van der Waals surface area (Å²) in [6.45, 7) is 2.76. The first-order chi connectivity index (χ1) is 18.6. The lowest BCUT2D eigenvalue weighted by atomic mass is 10.1. The molecule has 212 valence electrons. The summed E-state index contributed by atoms with van der Waals surface area (Å²) in [4.78, 5) is 28.8.